The Balaban J connectivity index is 1.72. The van der Waals surface area contributed by atoms with Crippen molar-refractivity contribution in [1.29, 1.82) is 0 Å². The van der Waals surface area contributed by atoms with Gasteiger partial charge in [-0.3, -0.25) is 4.79 Å². The molecule has 8 heteroatoms. The number of thiazole rings is 1. The molecule has 1 amide bonds. The molecular weight excluding hydrogens is 327 g/mol. The average molecular weight is 341 g/mol. The third-order valence-corrected chi connectivity index (χ3v) is 4.62. The van der Waals surface area contributed by atoms with Crippen LogP contribution in [0.5, 0.6) is 0 Å². The van der Waals surface area contributed by atoms with Gasteiger partial charge in [0.25, 0.3) is 5.91 Å². The largest absolute Gasteiger partial charge is 0.416 e. The second kappa shape index (κ2) is 5.84. The van der Waals surface area contributed by atoms with Crippen molar-refractivity contribution < 1.29 is 18.0 Å². The number of hydrogen-bond acceptors (Lipinski definition) is 4. The molecule has 0 saturated heterocycles. The minimum absolute atomic E-state index is 0.00423. The van der Waals surface area contributed by atoms with Gasteiger partial charge in [-0.15, -0.1) is 11.3 Å². The number of nitrogens with one attached hydrogen (secondary N) is 1. The van der Waals surface area contributed by atoms with Crippen molar-refractivity contribution in [2.24, 2.45) is 0 Å². The molecule has 1 saturated carbocycles. The van der Waals surface area contributed by atoms with E-state index in [9.17, 15) is 18.0 Å². The average Bonchev–Trinajstić information content (AvgIpc) is 3.27. The molecule has 122 valence electrons. The number of alkyl halides is 3. The maximum absolute atomic E-state index is 12.9. The first-order valence-electron chi connectivity index (χ1n) is 7.05. The number of rotatable bonds is 4. The van der Waals surface area contributed by atoms with Crippen LogP contribution >= 0.6 is 11.3 Å². The smallest absolute Gasteiger partial charge is 0.389 e. The van der Waals surface area contributed by atoms with Gasteiger partial charge in [0.05, 0.1) is 10.6 Å². The Morgan fingerprint density at radius 3 is 2.70 bits per heavy atom. The van der Waals surface area contributed by atoms with Crippen LogP contribution in [0.1, 0.15) is 45.4 Å². The summed E-state index contributed by atoms with van der Waals surface area (Å²) in [6.07, 6.45) is -2.39. The number of amides is 1. The van der Waals surface area contributed by atoms with Crippen molar-refractivity contribution in [3.63, 3.8) is 0 Å². The first kappa shape index (κ1) is 15.8. The molecule has 1 aromatic heterocycles. The summed E-state index contributed by atoms with van der Waals surface area (Å²) in [7, 11) is 0. The minimum Gasteiger partial charge on any atom is -0.389 e. The summed E-state index contributed by atoms with van der Waals surface area (Å²) in [6, 6.07) is 5.14. The molecule has 1 aliphatic rings. The number of carbonyl (C=O) groups excluding carboxylic acids is 1. The fourth-order valence-electron chi connectivity index (χ4n) is 2.23. The fraction of sp³-hybridized carbons (Fsp3) is 0.333. The van der Waals surface area contributed by atoms with Gasteiger partial charge >= 0.3 is 6.18 Å². The van der Waals surface area contributed by atoms with Gasteiger partial charge in [0.1, 0.15) is 5.00 Å². The number of anilines is 1. The summed E-state index contributed by atoms with van der Waals surface area (Å²) >= 11 is 1.27. The molecule has 1 fully saturated rings. The third kappa shape index (κ3) is 3.47. The van der Waals surface area contributed by atoms with Gasteiger partial charge in [-0.1, -0.05) is 18.2 Å². The lowest BCUT2D eigenvalue weighted by atomic mass is 10.1. The third-order valence-electron chi connectivity index (χ3n) is 3.57. The van der Waals surface area contributed by atoms with E-state index in [2.05, 4.69) is 10.3 Å². The Hall–Kier alpha value is -2.09. The van der Waals surface area contributed by atoms with E-state index in [-0.39, 0.29) is 17.8 Å². The number of benzene rings is 1. The number of nitrogens with zero attached hydrogens (tertiary/aromatic N) is 1. The van der Waals surface area contributed by atoms with Crippen molar-refractivity contribution in [1.82, 2.24) is 10.3 Å². The highest BCUT2D eigenvalue weighted by atomic mass is 32.1. The van der Waals surface area contributed by atoms with E-state index in [1.165, 1.54) is 29.5 Å². The summed E-state index contributed by atoms with van der Waals surface area (Å²) < 4.78 is 38.7. The summed E-state index contributed by atoms with van der Waals surface area (Å²) in [4.78, 5) is 16.3. The Labute approximate surface area is 134 Å². The quantitative estimate of drug-likeness (QED) is 0.894. The molecule has 0 radical (unpaired) electrons. The number of nitrogens with two attached hydrogens (primary N) is 1. The number of nitrogen functional groups attached to an aromatic ring is 1. The van der Waals surface area contributed by atoms with Gasteiger partial charge in [0.15, 0.2) is 5.69 Å². The van der Waals surface area contributed by atoms with E-state index in [0.717, 1.165) is 23.9 Å². The maximum Gasteiger partial charge on any atom is 0.416 e. The first-order chi connectivity index (χ1) is 10.9. The van der Waals surface area contributed by atoms with Crippen LogP contribution in [0.3, 0.4) is 0 Å². The molecule has 0 bridgehead atoms. The van der Waals surface area contributed by atoms with E-state index < -0.39 is 17.6 Å². The summed E-state index contributed by atoms with van der Waals surface area (Å²) in [5.74, 6) is -0.183. The van der Waals surface area contributed by atoms with Crippen LogP contribution in [0.2, 0.25) is 0 Å². The molecular formula is C15H14F3N3OS. The Kier molecular flexibility index (Phi) is 4.01. The van der Waals surface area contributed by atoms with E-state index in [1.807, 2.05) is 0 Å². The Morgan fingerprint density at radius 2 is 2.04 bits per heavy atom. The zero-order valence-electron chi connectivity index (χ0n) is 12.0. The van der Waals surface area contributed by atoms with E-state index in [0.29, 0.717) is 10.9 Å². The normalized spacial score (nSPS) is 14.7. The molecule has 3 rings (SSSR count). The van der Waals surface area contributed by atoms with E-state index >= 15 is 0 Å². The zero-order chi connectivity index (χ0) is 16.6. The lowest BCUT2D eigenvalue weighted by molar-refractivity contribution is -0.138. The first-order valence-corrected chi connectivity index (χ1v) is 7.87. The van der Waals surface area contributed by atoms with Gasteiger partial charge in [-0.2, -0.15) is 13.2 Å². The zero-order valence-corrected chi connectivity index (χ0v) is 12.8. The molecule has 23 heavy (non-hydrogen) atoms. The highest BCUT2D eigenvalue weighted by Gasteiger charge is 2.33. The van der Waals surface area contributed by atoms with Crippen molar-refractivity contribution >= 4 is 22.2 Å². The standard InChI is InChI=1S/C15H14F3N3OS/c16-15(17,18)10-4-2-1-3-9(10)7-20-13(22)11-12(19)23-14(21-11)8-5-6-8/h1-4,8H,5-7,19H2,(H,20,22). The predicted molar refractivity (Wildman–Crippen MR) is 81.1 cm³/mol. The van der Waals surface area contributed by atoms with Gasteiger partial charge in [-0.25, -0.2) is 4.98 Å². The van der Waals surface area contributed by atoms with Gasteiger partial charge in [0, 0.05) is 12.5 Å². The van der Waals surface area contributed by atoms with E-state index in [1.54, 1.807) is 0 Å². The van der Waals surface area contributed by atoms with Crippen LogP contribution in [0.15, 0.2) is 24.3 Å². The van der Waals surface area contributed by atoms with Crippen LogP contribution in [-0.4, -0.2) is 10.9 Å². The summed E-state index contributed by atoms with van der Waals surface area (Å²) in [5.41, 5.74) is 5.13. The second-order valence-electron chi connectivity index (χ2n) is 5.38. The summed E-state index contributed by atoms with van der Waals surface area (Å²) in [6.45, 7) is -0.232. The molecule has 1 heterocycles. The van der Waals surface area contributed by atoms with Crippen molar-refractivity contribution in [3.05, 3.63) is 46.1 Å². The Morgan fingerprint density at radius 1 is 1.35 bits per heavy atom. The highest BCUT2D eigenvalue weighted by molar-refractivity contribution is 7.16. The second-order valence-corrected chi connectivity index (χ2v) is 6.44. The maximum atomic E-state index is 12.9. The van der Waals surface area contributed by atoms with Gasteiger partial charge < -0.3 is 11.1 Å². The SMILES string of the molecule is Nc1sc(C2CC2)nc1C(=O)NCc1ccccc1C(F)(F)F. The predicted octanol–water partition coefficient (Wildman–Crippen LogP) is 3.55. The van der Waals surface area contributed by atoms with Crippen LogP contribution in [0.25, 0.3) is 0 Å². The van der Waals surface area contributed by atoms with Gasteiger partial charge in [0.2, 0.25) is 0 Å². The minimum atomic E-state index is -4.46. The number of hydrogen-bond donors (Lipinski definition) is 2. The van der Waals surface area contributed by atoms with Crippen LogP contribution in [0.4, 0.5) is 18.2 Å². The molecule has 1 aromatic carbocycles. The monoisotopic (exact) mass is 341 g/mol. The van der Waals surface area contributed by atoms with Crippen molar-refractivity contribution in [2.75, 3.05) is 5.73 Å². The molecule has 1 aliphatic carbocycles. The number of carbonyl (C=O) groups is 1. The number of aromatic nitrogens is 1. The van der Waals surface area contributed by atoms with Crippen molar-refractivity contribution in [2.45, 2.75) is 31.5 Å². The molecule has 4 nitrogen and oxygen atoms in total. The molecule has 0 aliphatic heterocycles. The molecule has 3 N–H and O–H groups in total. The van der Waals surface area contributed by atoms with Crippen molar-refractivity contribution in [3.8, 4) is 0 Å². The molecule has 0 spiro atoms. The lowest BCUT2D eigenvalue weighted by Gasteiger charge is -2.12. The highest BCUT2D eigenvalue weighted by Crippen LogP contribution is 2.43. The van der Waals surface area contributed by atoms with Crippen LogP contribution < -0.4 is 11.1 Å². The molecule has 0 unspecified atom stereocenters. The van der Waals surface area contributed by atoms with Crippen LogP contribution in [-0.2, 0) is 12.7 Å². The molecule has 2 aromatic rings. The molecule has 0 atom stereocenters. The van der Waals surface area contributed by atoms with E-state index in [4.69, 9.17) is 5.73 Å². The Bertz CT molecular complexity index is 738. The number of halogens is 3. The topological polar surface area (TPSA) is 68.0 Å². The van der Waals surface area contributed by atoms with Gasteiger partial charge in [-0.05, 0) is 24.5 Å². The summed E-state index contributed by atoms with van der Waals surface area (Å²) in [5, 5.41) is 3.59. The fourth-order valence-corrected chi connectivity index (χ4v) is 3.23. The van der Waals surface area contributed by atoms with Crippen LogP contribution in [0, 0.1) is 0 Å². The lowest BCUT2D eigenvalue weighted by Crippen LogP contribution is -2.25.